The van der Waals surface area contributed by atoms with Crippen molar-refractivity contribution in [2.45, 2.75) is 18.5 Å². The number of aromatic nitrogens is 2. The summed E-state index contributed by atoms with van der Waals surface area (Å²) in [5.74, 6) is -2.63. The smallest absolute Gasteiger partial charge is 0.418 e. The Hall–Kier alpha value is -4.35. The molecule has 3 aromatic rings. The minimum absolute atomic E-state index is 0.0305. The van der Waals surface area contributed by atoms with Crippen molar-refractivity contribution in [3.63, 3.8) is 0 Å². The Kier molecular flexibility index (Phi) is 5.97. The third-order valence-electron chi connectivity index (χ3n) is 5.12. The largest absolute Gasteiger partial charge is 0.495 e. The number of carbonyl (C=O) groups is 2. The zero-order chi connectivity index (χ0) is 24.5. The van der Waals surface area contributed by atoms with Gasteiger partial charge < -0.3 is 20.7 Å². The van der Waals surface area contributed by atoms with Gasteiger partial charge in [-0.3, -0.25) is 19.4 Å². The van der Waals surface area contributed by atoms with Gasteiger partial charge in [-0.25, -0.2) is 0 Å². The number of benzene rings is 2. The molecule has 0 spiro atoms. The molecule has 12 heteroatoms. The molecule has 0 bridgehead atoms. The van der Waals surface area contributed by atoms with Gasteiger partial charge in [0.25, 0.3) is 5.56 Å². The lowest BCUT2D eigenvalue weighted by atomic mass is 9.92. The Morgan fingerprint density at radius 2 is 1.76 bits per heavy atom. The molecule has 0 radical (unpaired) electrons. The van der Waals surface area contributed by atoms with Crippen LogP contribution in [0.25, 0.3) is 0 Å². The fourth-order valence-corrected chi connectivity index (χ4v) is 3.59. The number of carbonyl (C=O) groups excluding carboxylic acids is 2. The van der Waals surface area contributed by atoms with Crippen LogP contribution in [0.4, 0.5) is 36.3 Å². The number of amides is 2. The van der Waals surface area contributed by atoms with Crippen LogP contribution in [0, 0.1) is 0 Å². The maximum absolute atomic E-state index is 13.3. The van der Waals surface area contributed by atoms with Gasteiger partial charge in [0.2, 0.25) is 17.8 Å². The molecule has 1 unspecified atom stereocenters. The van der Waals surface area contributed by atoms with E-state index in [4.69, 9.17) is 4.74 Å². The molecule has 2 heterocycles. The minimum Gasteiger partial charge on any atom is -0.495 e. The predicted octanol–water partition coefficient (Wildman–Crippen LogP) is 3.61. The maximum Gasteiger partial charge on any atom is 0.418 e. The number of fused-ring (bicyclic) bond motifs is 1. The third kappa shape index (κ3) is 4.56. The highest BCUT2D eigenvalue weighted by atomic mass is 19.4. The first-order chi connectivity index (χ1) is 16.2. The summed E-state index contributed by atoms with van der Waals surface area (Å²) in [4.78, 5) is 44.7. The van der Waals surface area contributed by atoms with Gasteiger partial charge in [0.15, 0.2) is 0 Å². The molecular weight excluding hydrogens is 455 g/mol. The topological polar surface area (TPSA) is 125 Å². The van der Waals surface area contributed by atoms with Crippen LogP contribution in [0.3, 0.4) is 0 Å². The predicted molar refractivity (Wildman–Crippen MR) is 117 cm³/mol. The van der Waals surface area contributed by atoms with Crippen molar-refractivity contribution in [3.05, 3.63) is 70.0 Å². The molecule has 9 nitrogen and oxygen atoms in total. The number of nitrogens with one attached hydrogen (secondary N) is 4. The van der Waals surface area contributed by atoms with Crippen LogP contribution in [-0.4, -0.2) is 28.9 Å². The highest BCUT2D eigenvalue weighted by Gasteiger charge is 2.37. The molecule has 0 fully saturated rings. The fraction of sp³-hybridized carbons (Fsp3) is 0.182. The van der Waals surface area contributed by atoms with Crippen LogP contribution < -0.4 is 26.2 Å². The number of anilines is 4. The monoisotopic (exact) mass is 473 g/mol. The van der Waals surface area contributed by atoms with Gasteiger partial charge in [-0.05, 0) is 24.3 Å². The molecular formula is C22H18F3N5O4. The first-order valence-corrected chi connectivity index (χ1v) is 9.98. The molecule has 176 valence electrons. The molecule has 4 rings (SSSR count). The van der Waals surface area contributed by atoms with Crippen LogP contribution in [0.15, 0.2) is 53.3 Å². The van der Waals surface area contributed by atoms with E-state index in [0.717, 1.165) is 12.1 Å². The van der Waals surface area contributed by atoms with Gasteiger partial charge in [0, 0.05) is 6.42 Å². The summed E-state index contributed by atoms with van der Waals surface area (Å²) in [7, 11) is 1.46. The second-order valence-corrected chi connectivity index (χ2v) is 7.34. The summed E-state index contributed by atoms with van der Waals surface area (Å²) in [6.45, 7) is 0. The van der Waals surface area contributed by atoms with Crippen LogP contribution in [0.1, 0.15) is 23.5 Å². The van der Waals surface area contributed by atoms with E-state index in [0.29, 0.717) is 11.4 Å². The maximum atomic E-state index is 13.3. The van der Waals surface area contributed by atoms with E-state index in [9.17, 15) is 27.6 Å². The summed E-state index contributed by atoms with van der Waals surface area (Å²) in [5.41, 5.74) is -1.94. The number of para-hydroxylation sites is 3. The number of methoxy groups -OCH3 is 1. The number of hydrogen-bond acceptors (Lipinski definition) is 6. The number of H-pyrrole nitrogens is 1. The molecule has 0 saturated carbocycles. The highest BCUT2D eigenvalue weighted by molar-refractivity contribution is 6.04. The molecule has 1 aliphatic heterocycles. The van der Waals surface area contributed by atoms with Crippen molar-refractivity contribution in [1.29, 1.82) is 0 Å². The minimum atomic E-state index is -4.70. The van der Waals surface area contributed by atoms with Crippen molar-refractivity contribution < 1.29 is 27.5 Å². The Labute approximate surface area is 190 Å². The Morgan fingerprint density at radius 3 is 2.47 bits per heavy atom. The van der Waals surface area contributed by atoms with Gasteiger partial charge >= 0.3 is 6.18 Å². The highest BCUT2D eigenvalue weighted by Crippen LogP contribution is 2.36. The Morgan fingerprint density at radius 1 is 1.09 bits per heavy atom. The summed E-state index contributed by atoms with van der Waals surface area (Å²) in [6.07, 6.45) is -5.14. The van der Waals surface area contributed by atoms with Gasteiger partial charge in [0.05, 0.1) is 35.5 Å². The molecule has 2 aromatic carbocycles. The number of halogens is 3. The van der Waals surface area contributed by atoms with Crippen LogP contribution in [0.5, 0.6) is 5.75 Å². The summed E-state index contributed by atoms with van der Waals surface area (Å²) < 4.78 is 45.1. The molecule has 1 atom stereocenters. The van der Waals surface area contributed by atoms with Crippen LogP contribution >= 0.6 is 0 Å². The third-order valence-corrected chi connectivity index (χ3v) is 5.12. The standard InChI is InChI=1S/C22H18F3N5O4/c1-34-15-9-5-4-8-14(15)27-21-29-18-17(20(33)30-21)11(10-16(31)28-18)19(32)26-13-7-3-2-6-12(13)22(23,24)25/h2-9,11H,10H2,1H3,(H,26,32)(H3,27,28,29,30,31,33). The van der Waals surface area contributed by atoms with Gasteiger partial charge in [-0.15, -0.1) is 0 Å². The van der Waals surface area contributed by atoms with E-state index in [1.165, 1.54) is 19.2 Å². The lowest BCUT2D eigenvalue weighted by molar-refractivity contribution is -0.137. The molecule has 4 N–H and O–H groups in total. The van der Waals surface area contributed by atoms with Gasteiger partial charge in [0.1, 0.15) is 11.6 Å². The molecule has 2 amide bonds. The van der Waals surface area contributed by atoms with Crippen LogP contribution in [0.2, 0.25) is 0 Å². The van der Waals surface area contributed by atoms with Crippen molar-refractivity contribution in [2.75, 3.05) is 23.1 Å². The fourth-order valence-electron chi connectivity index (χ4n) is 3.59. The zero-order valence-corrected chi connectivity index (χ0v) is 17.6. The molecule has 0 saturated heterocycles. The van der Waals surface area contributed by atoms with E-state index < -0.39 is 47.1 Å². The SMILES string of the molecule is COc1ccccc1Nc1nc2c(c(=O)[nH]1)C(C(=O)Nc1ccccc1C(F)(F)F)CC(=O)N2. The second-order valence-electron chi connectivity index (χ2n) is 7.34. The number of nitrogens with zero attached hydrogens (tertiary/aromatic N) is 1. The summed E-state index contributed by atoms with van der Waals surface area (Å²) in [6, 6.07) is 11.2. The normalized spacial score (nSPS) is 15.2. The van der Waals surface area contributed by atoms with Gasteiger partial charge in [-0.2, -0.15) is 18.2 Å². The lowest BCUT2D eigenvalue weighted by Crippen LogP contribution is -2.36. The Balaban J connectivity index is 1.66. The number of rotatable bonds is 5. The Bertz CT molecular complexity index is 1320. The van der Waals surface area contributed by atoms with E-state index in [1.54, 1.807) is 24.3 Å². The van der Waals surface area contributed by atoms with E-state index in [1.807, 2.05) is 0 Å². The van der Waals surface area contributed by atoms with Crippen molar-refractivity contribution in [3.8, 4) is 5.75 Å². The number of aromatic amines is 1. The average molecular weight is 473 g/mol. The van der Waals surface area contributed by atoms with Crippen molar-refractivity contribution >= 4 is 35.0 Å². The van der Waals surface area contributed by atoms with Crippen molar-refractivity contribution in [1.82, 2.24) is 9.97 Å². The summed E-state index contributed by atoms with van der Waals surface area (Å²) >= 11 is 0. The first kappa shape index (κ1) is 22.8. The number of ether oxygens (including phenoxy) is 1. The van der Waals surface area contributed by atoms with Gasteiger partial charge in [-0.1, -0.05) is 24.3 Å². The number of hydrogen-bond donors (Lipinski definition) is 4. The number of alkyl halides is 3. The van der Waals surface area contributed by atoms with E-state index in [2.05, 4.69) is 25.9 Å². The lowest BCUT2D eigenvalue weighted by Gasteiger charge is -2.24. The van der Waals surface area contributed by atoms with E-state index >= 15 is 0 Å². The second kappa shape index (κ2) is 8.89. The summed E-state index contributed by atoms with van der Waals surface area (Å²) in [5, 5.41) is 7.50. The van der Waals surface area contributed by atoms with Crippen LogP contribution in [-0.2, 0) is 15.8 Å². The molecule has 0 aliphatic carbocycles. The molecule has 34 heavy (non-hydrogen) atoms. The first-order valence-electron chi connectivity index (χ1n) is 9.98. The van der Waals surface area contributed by atoms with E-state index in [-0.39, 0.29) is 17.3 Å². The average Bonchev–Trinajstić information content (AvgIpc) is 2.78. The molecule has 1 aliphatic rings. The van der Waals surface area contributed by atoms with Crippen molar-refractivity contribution in [2.24, 2.45) is 0 Å². The molecule has 1 aromatic heterocycles. The zero-order valence-electron chi connectivity index (χ0n) is 17.6. The quantitative estimate of drug-likeness (QED) is 0.449.